The lowest BCUT2D eigenvalue weighted by Crippen LogP contribution is -2.60. The number of methoxy groups -OCH3 is 2. The predicted octanol–water partition coefficient (Wildman–Crippen LogP) is 1.65. The van der Waals surface area contributed by atoms with E-state index >= 15 is 0 Å². The molecule has 228 valence electrons. The first kappa shape index (κ1) is 31.3. The lowest BCUT2D eigenvalue weighted by molar-refractivity contribution is -0.404. The van der Waals surface area contributed by atoms with Gasteiger partial charge in [0.15, 0.2) is 11.6 Å². The van der Waals surface area contributed by atoms with Gasteiger partial charge in [0.1, 0.15) is 18.4 Å². The van der Waals surface area contributed by atoms with E-state index < -0.39 is 47.0 Å². The van der Waals surface area contributed by atoms with E-state index in [1.807, 2.05) is 0 Å². The van der Waals surface area contributed by atoms with Crippen LogP contribution in [-0.2, 0) is 30.2 Å². The first-order valence-electron chi connectivity index (χ1n) is 14.7. The fourth-order valence-electron chi connectivity index (χ4n) is 6.31. The maximum absolute atomic E-state index is 13.4. The summed E-state index contributed by atoms with van der Waals surface area (Å²) in [6.07, 6.45) is 6.27. The van der Waals surface area contributed by atoms with E-state index in [-0.39, 0.29) is 19.6 Å². The lowest BCUT2D eigenvalue weighted by atomic mass is 9.92. The molecule has 12 heteroatoms. The normalized spacial score (nSPS) is 28.9. The summed E-state index contributed by atoms with van der Waals surface area (Å²) < 4.78 is 33.1. The van der Waals surface area contributed by atoms with Crippen molar-refractivity contribution in [1.29, 1.82) is 0 Å². The number of nitrogens with two attached hydrogens (primary N) is 1. The third-order valence-electron chi connectivity index (χ3n) is 8.76. The van der Waals surface area contributed by atoms with Gasteiger partial charge in [0, 0.05) is 64.6 Å². The van der Waals surface area contributed by atoms with Gasteiger partial charge in [0.2, 0.25) is 5.79 Å². The molecule has 40 heavy (non-hydrogen) atoms. The molecule has 1 unspecified atom stereocenters. The zero-order valence-corrected chi connectivity index (χ0v) is 24.1. The molecule has 1 aromatic heterocycles. The summed E-state index contributed by atoms with van der Waals surface area (Å²) in [7, 11) is 3.14. The van der Waals surface area contributed by atoms with Crippen LogP contribution in [-0.4, -0.2) is 76.3 Å². The molecule has 1 aromatic rings. The molecule has 1 saturated heterocycles. The highest BCUT2D eigenvalue weighted by molar-refractivity contribution is 5.05. The Morgan fingerprint density at radius 2 is 1.65 bits per heavy atom. The molecule has 2 saturated carbocycles. The number of ether oxygens (including phenoxy) is 5. The van der Waals surface area contributed by atoms with E-state index in [9.17, 15) is 19.8 Å². The number of aliphatic hydroxyl groups excluding tert-OH is 2. The summed E-state index contributed by atoms with van der Waals surface area (Å²) in [5.41, 5.74) is 4.98. The van der Waals surface area contributed by atoms with Gasteiger partial charge in [-0.1, -0.05) is 12.8 Å². The van der Waals surface area contributed by atoms with Crippen LogP contribution in [0.4, 0.5) is 0 Å². The minimum absolute atomic E-state index is 0.0548. The minimum atomic E-state index is -1.95. The number of nitrogens with zero attached hydrogens (tertiary/aromatic N) is 2. The Hall–Kier alpha value is -1.64. The van der Waals surface area contributed by atoms with Crippen molar-refractivity contribution in [3.05, 3.63) is 32.6 Å². The van der Waals surface area contributed by atoms with E-state index in [0.29, 0.717) is 44.2 Å². The molecule has 2 aliphatic carbocycles. The molecule has 4 N–H and O–H groups in total. The quantitative estimate of drug-likeness (QED) is 0.316. The van der Waals surface area contributed by atoms with E-state index in [4.69, 9.17) is 29.4 Å². The Morgan fingerprint density at radius 1 is 1.05 bits per heavy atom. The molecule has 0 aromatic carbocycles. The summed E-state index contributed by atoms with van der Waals surface area (Å²) in [6.45, 7) is 1.88. The van der Waals surface area contributed by atoms with Gasteiger partial charge in [-0.2, -0.15) is 0 Å². The zero-order chi connectivity index (χ0) is 29.0. The summed E-state index contributed by atoms with van der Waals surface area (Å²) >= 11 is 0. The zero-order valence-electron chi connectivity index (χ0n) is 24.1. The number of hydrogen-bond acceptors (Lipinski definition) is 10. The van der Waals surface area contributed by atoms with Crippen LogP contribution in [0, 0.1) is 6.92 Å². The third kappa shape index (κ3) is 6.24. The standard InChI is InChI=1S/C28H47N3O9/c1-20-18-31(25(35)30(24(20)34)16-10-15-29)23-17-21(32)28(39-23,40-27(37-3)13-8-5-9-14-27)22(33)19-38-26(36-2)11-6-4-7-12-26/h18,21-23,32-33H,4-17,19,29H2,1-3H3/t21-,22?,23+,28+/m0/s1. The monoisotopic (exact) mass is 569 g/mol. The van der Waals surface area contributed by atoms with Crippen LogP contribution in [0.5, 0.6) is 0 Å². The summed E-state index contributed by atoms with van der Waals surface area (Å²) in [5, 5.41) is 23.2. The first-order valence-corrected chi connectivity index (χ1v) is 14.7. The molecule has 4 atom stereocenters. The smallest absolute Gasteiger partial charge is 0.333 e. The molecule has 12 nitrogen and oxygen atoms in total. The van der Waals surface area contributed by atoms with Gasteiger partial charge in [-0.15, -0.1) is 0 Å². The van der Waals surface area contributed by atoms with Gasteiger partial charge in [0.05, 0.1) is 6.61 Å². The van der Waals surface area contributed by atoms with E-state index in [1.165, 1.54) is 10.8 Å². The molecule has 4 rings (SSSR count). The van der Waals surface area contributed by atoms with Gasteiger partial charge in [-0.3, -0.25) is 13.9 Å². The highest BCUT2D eigenvalue weighted by atomic mass is 16.8. The van der Waals surface area contributed by atoms with Gasteiger partial charge < -0.3 is 39.6 Å². The van der Waals surface area contributed by atoms with Crippen molar-refractivity contribution in [3.8, 4) is 0 Å². The number of aliphatic hydroxyl groups is 2. The average Bonchev–Trinajstić information content (AvgIpc) is 3.30. The van der Waals surface area contributed by atoms with Crippen LogP contribution in [0.2, 0.25) is 0 Å². The number of rotatable bonds is 12. The number of hydrogen-bond donors (Lipinski definition) is 3. The van der Waals surface area contributed by atoms with Gasteiger partial charge in [-0.25, -0.2) is 4.79 Å². The second-order valence-electron chi connectivity index (χ2n) is 11.4. The predicted molar refractivity (Wildman–Crippen MR) is 146 cm³/mol. The van der Waals surface area contributed by atoms with Gasteiger partial charge in [-0.05, 0) is 45.6 Å². The van der Waals surface area contributed by atoms with Crippen LogP contribution in [0.25, 0.3) is 0 Å². The maximum atomic E-state index is 13.4. The Kier molecular flexibility index (Phi) is 10.3. The van der Waals surface area contributed by atoms with Crippen LogP contribution < -0.4 is 17.0 Å². The number of aryl methyl sites for hydroxylation is 1. The molecule has 3 aliphatic rings. The highest BCUT2D eigenvalue weighted by Crippen LogP contribution is 2.46. The summed E-state index contributed by atoms with van der Waals surface area (Å²) in [6, 6.07) is 0. The van der Waals surface area contributed by atoms with Crippen LogP contribution in [0.1, 0.15) is 88.8 Å². The van der Waals surface area contributed by atoms with Gasteiger partial charge in [0.25, 0.3) is 5.56 Å². The van der Waals surface area contributed by atoms with Crippen molar-refractivity contribution in [2.75, 3.05) is 27.4 Å². The molecular formula is C28H47N3O9. The van der Waals surface area contributed by atoms with Crippen molar-refractivity contribution < 1.29 is 33.9 Å². The van der Waals surface area contributed by atoms with Crippen molar-refractivity contribution in [3.63, 3.8) is 0 Å². The molecule has 1 aliphatic heterocycles. The Balaban J connectivity index is 1.68. The molecule has 2 heterocycles. The Bertz CT molecular complexity index is 1090. The fraction of sp³-hybridized carbons (Fsp3) is 0.857. The largest absolute Gasteiger partial charge is 0.387 e. The molecule has 0 bridgehead atoms. The SMILES string of the molecule is COC1(OCC(O)[C@@]2(OC3(OC)CCCCC3)O[C@@H](n3cc(C)c(=O)n(CCCN)c3=O)C[C@@H]2O)CCCCC1. The van der Waals surface area contributed by atoms with Crippen molar-refractivity contribution in [1.82, 2.24) is 9.13 Å². The third-order valence-corrected chi connectivity index (χ3v) is 8.76. The molecule has 3 fully saturated rings. The Morgan fingerprint density at radius 3 is 2.23 bits per heavy atom. The molecule has 0 spiro atoms. The van der Waals surface area contributed by atoms with Crippen LogP contribution in [0.3, 0.4) is 0 Å². The van der Waals surface area contributed by atoms with E-state index in [1.54, 1.807) is 21.1 Å². The van der Waals surface area contributed by atoms with Crippen molar-refractivity contribution in [2.45, 2.75) is 126 Å². The summed E-state index contributed by atoms with van der Waals surface area (Å²) in [4.78, 5) is 26.1. The molecule has 0 amide bonds. The fourth-order valence-corrected chi connectivity index (χ4v) is 6.31. The van der Waals surface area contributed by atoms with E-state index in [0.717, 1.165) is 43.1 Å². The highest BCUT2D eigenvalue weighted by Gasteiger charge is 2.59. The Labute approximate surface area is 235 Å². The molecule has 0 radical (unpaired) electrons. The maximum Gasteiger partial charge on any atom is 0.333 e. The van der Waals surface area contributed by atoms with Crippen LogP contribution >= 0.6 is 0 Å². The lowest BCUT2D eigenvalue weighted by Gasteiger charge is -2.46. The minimum Gasteiger partial charge on any atom is -0.387 e. The first-order chi connectivity index (χ1) is 19.1. The van der Waals surface area contributed by atoms with Crippen LogP contribution in [0.15, 0.2) is 15.8 Å². The second-order valence-corrected chi connectivity index (χ2v) is 11.4. The summed E-state index contributed by atoms with van der Waals surface area (Å²) in [5.74, 6) is -3.87. The average molecular weight is 570 g/mol. The van der Waals surface area contributed by atoms with Gasteiger partial charge >= 0.3 is 5.69 Å². The second kappa shape index (κ2) is 13.1. The molecular weight excluding hydrogens is 522 g/mol. The van der Waals surface area contributed by atoms with E-state index in [2.05, 4.69) is 0 Å². The van der Waals surface area contributed by atoms with Crippen molar-refractivity contribution >= 4 is 0 Å². The topological polar surface area (TPSA) is 157 Å². The number of aromatic nitrogens is 2. The van der Waals surface area contributed by atoms with Crippen molar-refractivity contribution in [2.24, 2.45) is 5.73 Å².